The van der Waals surface area contributed by atoms with E-state index in [9.17, 15) is 4.79 Å². The third kappa shape index (κ3) is 2.27. The van der Waals surface area contributed by atoms with Gasteiger partial charge in [-0.25, -0.2) is 0 Å². The van der Waals surface area contributed by atoms with Crippen LogP contribution in [-0.2, 0) is 4.79 Å². The van der Waals surface area contributed by atoms with E-state index >= 15 is 0 Å². The van der Waals surface area contributed by atoms with Crippen LogP contribution in [0.4, 0.5) is 5.69 Å². The van der Waals surface area contributed by atoms with Gasteiger partial charge in [0.1, 0.15) is 0 Å². The number of carbonyl (C=O) groups excluding carboxylic acids is 1. The first-order valence-electron chi connectivity index (χ1n) is 7.18. The number of benzene rings is 1. The smallest absolute Gasteiger partial charge is 0.244 e. The third-order valence-electron chi connectivity index (χ3n) is 3.79. The second-order valence-electron chi connectivity index (χ2n) is 5.16. The number of nitrogens with zero attached hydrogens (tertiary/aromatic N) is 2. The Bertz CT molecular complexity index is 621. The van der Waals surface area contributed by atoms with E-state index in [1.165, 1.54) is 0 Å². The van der Waals surface area contributed by atoms with Gasteiger partial charge in [0, 0.05) is 29.7 Å². The fourth-order valence-corrected chi connectivity index (χ4v) is 2.77. The molecule has 20 heavy (non-hydrogen) atoms. The molecule has 1 aliphatic heterocycles. The van der Waals surface area contributed by atoms with Crippen LogP contribution < -0.4 is 10.2 Å². The quantitative estimate of drug-likeness (QED) is 0.926. The van der Waals surface area contributed by atoms with Crippen molar-refractivity contribution in [2.75, 3.05) is 18.0 Å². The summed E-state index contributed by atoms with van der Waals surface area (Å²) in [7, 11) is 0. The van der Waals surface area contributed by atoms with Crippen molar-refractivity contribution >= 4 is 22.4 Å². The van der Waals surface area contributed by atoms with Gasteiger partial charge in [-0.05, 0) is 31.5 Å². The van der Waals surface area contributed by atoms with Gasteiger partial charge in [-0.1, -0.05) is 19.1 Å². The molecule has 1 unspecified atom stereocenters. The van der Waals surface area contributed by atoms with Gasteiger partial charge < -0.3 is 10.2 Å². The van der Waals surface area contributed by atoms with Crippen molar-refractivity contribution in [1.29, 1.82) is 0 Å². The number of carbonyl (C=O) groups is 1. The van der Waals surface area contributed by atoms with E-state index < -0.39 is 0 Å². The van der Waals surface area contributed by atoms with Crippen LogP contribution in [0.5, 0.6) is 0 Å². The van der Waals surface area contributed by atoms with Crippen LogP contribution >= 0.6 is 0 Å². The van der Waals surface area contributed by atoms with E-state index in [1.54, 1.807) is 6.20 Å². The van der Waals surface area contributed by atoms with Crippen LogP contribution in [0.3, 0.4) is 0 Å². The van der Waals surface area contributed by atoms with E-state index in [-0.39, 0.29) is 11.9 Å². The highest BCUT2D eigenvalue weighted by atomic mass is 16.2. The van der Waals surface area contributed by atoms with Crippen LogP contribution in [0.2, 0.25) is 0 Å². The molecule has 0 radical (unpaired) electrons. The summed E-state index contributed by atoms with van der Waals surface area (Å²) in [6.45, 7) is 3.78. The number of amides is 1. The lowest BCUT2D eigenvalue weighted by Gasteiger charge is -2.19. The molecule has 104 valence electrons. The molecule has 0 spiro atoms. The number of hydrogen-bond acceptors (Lipinski definition) is 3. The Hall–Kier alpha value is -1.94. The highest BCUT2D eigenvalue weighted by molar-refractivity contribution is 6.06. The van der Waals surface area contributed by atoms with Gasteiger partial charge in [-0.3, -0.25) is 9.78 Å². The SMILES string of the molecule is CCCNC1CCN(c2cccc3cnccc23)C1=O. The molecule has 1 saturated heterocycles. The van der Waals surface area contributed by atoms with E-state index in [0.717, 1.165) is 42.4 Å². The van der Waals surface area contributed by atoms with Crippen molar-refractivity contribution in [2.45, 2.75) is 25.8 Å². The first-order chi connectivity index (χ1) is 9.81. The van der Waals surface area contributed by atoms with Gasteiger partial charge in [0.05, 0.1) is 11.7 Å². The topological polar surface area (TPSA) is 45.2 Å². The Morgan fingerprint density at radius 2 is 2.30 bits per heavy atom. The first-order valence-corrected chi connectivity index (χ1v) is 7.18. The average Bonchev–Trinajstić information content (AvgIpc) is 2.85. The lowest BCUT2D eigenvalue weighted by Crippen LogP contribution is -2.38. The van der Waals surface area contributed by atoms with Crippen molar-refractivity contribution in [3.8, 4) is 0 Å². The molecular formula is C16H19N3O. The van der Waals surface area contributed by atoms with Crippen molar-refractivity contribution in [3.05, 3.63) is 36.7 Å². The van der Waals surface area contributed by atoms with Crippen LogP contribution in [0, 0.1) is 0 Å². The summed E-state index contributed by atoms with van der Waals surface area (Å²) in [4.78, 5) is 18.5. The van der Waals surface area contributed by atoms with Crippen LogP contribution in [-0.4, -0.2) is 30.0 Å². The molecule has 3 rings (SSSR count). The molecule has 1 fully saturated rings. The maximum atomic E-state index is 12.5. The van der Waals surface area contributed by atoms with E-state index in [2.05, 4.69) is 17.2 Å². The van der Waals surface area contributed by atoms with Gasteiger partial charge in [0.15, 0.2) is 0 Å². The molecule has 1 aromatic carbocycles. The number of fused-ring (bicyclic) bond motifs is 1. The predicted octanol–water partition coefficient (Wildman–Crippen LogP) is 2.34. The number of rotatable bonds is 4. The number of aromatic nitrogens is 1. The Kier molecular flexibility index (Phi) is 3.65. The molecule has 4 nitrogen and oxygen atoms in total. The fourth-order valence-electron chi connectivity index (χ4n) is 2.77. The summed E-state index contributed by atoms with van der Waals surface area (Å²) < 4.78 is 0. The van der Waals surface area contributed by atoms with Crippen LogP contribution in [0.1, 0.15) is 19.8 Å². The highest BCUT2D eigenvalue weighted by Gasteiger charge is 2.32. The number of pyridine rings is 1. The fraction of sp³-hybridized carbons (Fsp3) is 0.375. The van der Waals surface area contributed by atoms with Gasteiger partial charge in [0.2, 0.25) is 5.91 Å². The molecule has 1 aliphatic rings. The molecule has 1 N–H and O–H groups in total. The third-order valence-corrected chi connectivity index (χ3v) is 3.79. The molecule has 1 aromatic heterocycles. The monoisotopic (exact) mass is 269 g/mol. The summed E-state index contributed by atoms with van der Waals surface area (Å²) in [6.07, 6.45) is 5.54. The first kappa shape index (κ1) is 13.1. The lowest BCUT2D eigenvalue weighted by molar-refractivity contribution is -0.118. The number of nitrogens with one attached hydrogen (secondary N) is 1. The summed E-state index contributed by atoms with van der Waals surface area (Å²) in [5.41, 5.74) is 0.996. The zero-order valence-electron chi connectivity index (χ0n) is 11.7. The second kappa shape index (κ2) is 5.59. The molecule has 2 aromatic rings. The van der Waals surface area contributed by atoms with Gasteiger partial charge in [-0.2, -0.15) is 0 Å². The van der Waals surface area contributed by atoms with Crippen molar-refractivity contribution in [1.82, 2.24) is 10.3 Å². The zero-order chi connectivity index (χ0) is 13.9. The van der Waals surface area contributed by atoms with E-state index in [0.29, 0.717) is 0 Å². The summed E-state index contributed by atoms with van der Waals surface area (Å²) in [5, 5.41) is 5.49. The largest absolute Gasteiger partial charge is 0.310 e. The molecule has 1 amide bonds. The zero-order valence-corrected chi connectivity index (χ0v) is 11.7. The highest BCUT2D eigenvalue weighted by Crippen LogP contribution is 2.29. The lowest BCUT2D eigenvalue weighted by atomic mass is 10.1. The summed E-state index contributed by atoms with van der Waals surface area (Å²) >= 11 is 0. The van der Waals surface area contributed by atoms with Gasteiger partial charge in [-0.15, -0.1) is 0 Å². The van der Waals surface area contributed by atoms with E-state index in [4.69, 9.17) is 0 Å². The number of hydrogen-bond donors (Lipinski definition) is 1. The minimum Gasteiger partial charge on any atom is -0.310 e. The summed E-state index contributed by atoms with van der Waals surface area (Å²) in [6, 6.07) is 7.97. The molecule has 0 aliphatic carbocycles. The van der Waals surface area contributed by atoms with Crippen LogP contribution in [0.15, 0.2) is 36.7 Å². The van der Waals surface area contributed by atoms with Crippen molar-refractivity contribution in [2.24, 2.45) is 0 Å². The maximum Gasteiger partial charge on any atom is 0.244 e. The van der Waals surface area contributed by atoms with Gasteiger partial charge in [0.25, 0.3) is 0 Å². The summed E-state index contributed by atoms with van der Waals surface area (Å²) in [5.74, 6) is 0.183. The van der Waals surface area contributed by atoms with Crippen molar-refractivity contribution < 1.29 is 4.79 Å². The van der Waals surface area contributed by atoms with E-state index in [1.807, 2.05) is 35.4 Å². The molecule has 4 heteroatoms. The second-order valence-corrected chi connectivity index (χ2v) is 5.16. The minimum absolute atomic E-state index is 0.0351. The Morgan fingerprint density at radius 1 is 1.40 bits per heavy atom. The molecular weight excluding hydrogens is 250 g/mol. The Morgan fingerprint density at radius 3 is 3.15 bits per heavy atom. The molecule has 0 bridgehead atoms. The van der Waals surface area contributed by atoms with Crippen LogP contribution in [0.25, 0.3) is 10.8 Å². The Labute approximate surface area is 118 Å². The van der Waals surface area contributed by atoms with Crippen molar-refractivity contribution in [3.63, 3.8) is 0 Å². The minimum atomic E-state index is -0.0351. The predicted molar refractivity (Wildman–Crippen MR) is 80.8 cm³/mol. The average molecular weight is 269 g/mol. The van der Waals surface area contributed by atoms with Gasteiger partial charge >= 0.3 is 0 Å². The molecule has 2 heterocycles. The normalized spacial score (nSPS) is 18.9. The molecule has 0 saturated carbocycles. The maximum absolute atomic E-state index is 12.5. The molecule has 1 atom stereocenters. The number of anilines is 1. The standard InChI is InChI=1S/C16H19N3O/c1-2-8-18-14-7-10-19(16(14)20)15-5-3-4-12-11-17-9-6-13(12)15/h3-6,9,11,14,18H,2,7-8,10H2,1H3. The Balaban J connectivity index is 1.91.